The van der Waals surface area contributed by atoms with Crippen LogP contribution in [0, 0.1) is 29.1 Å². The van der Waals surface area contributed by atoms with Crippen molar-refractivity contribution in [3.8, 4) is 0 Å². The van der Waals surface area contributed by atoms with E-state index in [4.69, 9.17) is 0 Å². The van der Waals surface area contributed by atoms with Crippen molar-refractivity contribution in [2.45, 2.75) is 51.0 Å². The van der Waals surface area contributed by atoms with E-state index in [2.05, 4.69) is 12.2 Å². The zero-order valence-corrected chi connectivity index (χ0v) is 11.8. The summed E-state index contributed by atoms with van der Waals surface area (Å²) >= 11 is 0. The first-order chi connectivity index (χ1) is 9.74. The van der Waals surface area contributed by atoms with E-state index in [1.54, 1.807) is 4.90 Å². The van der Waals surface area contributed by atoms with Crippen molar-refractivity contribution >= 4 is 11.8 Å². The third-order valence-electron chi connectivity index (χ3n) is 6.83. The maximum atomic E-state index is 12.9. The second-order valence-electron chi connectivity index (χ2n) is 7.56. The largest absolute Gasteiger partial charge is 0.279 e. The first kappa shape index (κ1) is 11.5. The molecular weight excluding hydrogens is 250 g/mol. The fourth-order valence-corrected chi connectivity index (χ4v) is 5.80. The van der Waals surface area contributed by atoms with Gasteiger partial charge in [-0.15, -0.1) is 0 Å². The van der Waals surface area contributed by atoms with Gasteiger partial charge in [0.15, 0.2) is 0 Å². The second kappa shape index (κ2) is 3.55. The molecule has 0 aromatic rings. The number of carbonyl (C=O) groups is 2. The van der Waals surface area contributed by atoms with Gasteiger partial charge in [0.2, 0.25) is 11.8 Å². The summed E-state index contributed by atoms with van der Waals surface area (Å²) in [5, 5.41) is 0. The standard InChI is InChI=1S/C17H21NO2/c19-15-13-11-6-7-12(17(11)8-9-17)14(13)16(20)18(15)10-4-2-1-3-5-10/h6-7,10-14H,1-5,8-9H2/t11-,12-,13-,14-/m0/s1. The van der Waals surface area contributed by atoms with Crippen molar-refractivity contribution in [1.82, 2.24) is 4.90 Å². The highest BCUT2D eigenvalue weighted by Gasteiger charge is 2.73. The Morgan fingerprint density at radius 1 is 0.900 bits per heavy atom. The Morgan fingerprint density at radius 3 is 1.95 bits per heavy atom. The SMILES string of the molecule is O=C1[C@@H]2[C@@H](C(=O)N1C1CCCCC1)[C@@H]1C=C[C@@H]2C12CC2. The Bertz CT molecular complexity index is 493. The highest BCUT2D eigenvalue weighted by atomic mass is 16.2. The molecule has 20 heavy (non-hydrogen) atoms. The van der Waals surface area contributed by atoms with Gasteiger partial charge < -0.3 is 0 Å². The van der Waals surface area contributed by atoms with Crippen molar-refractivity contribution in [2.24, 2.45) is 29.1 Å². The Balaban J connectivity index is 1.50. The number of amides is 2. The summed E-state index contributed by atoms with van der Waals surface area (Å²) in [5.74, 6) is 1.11. The van der Waals surface area contributed by atoms with E-state index in [0.29, 0.717) is 17.3 Å². The molecule has 5 aliphatic rings. The van der Waals surface area contributed by atoms with Gasteiger partial charge in [-0.1, -0.05) is 31.4 Å². The Kier molecular flexibility index (Phi) is 2.05. The van der Waals surface area contributed by atoms with Gasteiger partial charge in [0.25, 0.3) is 0 Å². The molecule has 1 saturated heterocycles. The van der Waals surface area contributed by atoms with E-state index in [1.165, 1.54) is 32.1 Å². The van der Waals surface area contributed by atoms with Crippen LogP contribution in [0.4, 0.5) is 0 Å². The Morgan fingerprint density at radius 2 is 1.45 bits per heavy atom. The summed E-state index contributed by atoms with van der Waals surface area (Å²) in [5.41, 5.74) is 0.333. The molecule has 0 unspecified atom stereocenters. The summed E-state index contributed by atoms with van der Waals surface area (Å²) in [6.45, 7) is 0. The molecule has 4 aliphatic carbocycles. The third-order valence-corrected chi connectivity index (χ3v) is 6.83. The maximum Gasteiger partial charge on any atom is 0.233 e. The van der Waals surface area contributed by atoms with Crippen molar-refractivity contribution in [3.63, 3.8) is 0 Å². The highest BCUT2D eigenvalue weighted by molar-refractivity contribution is 6.07. The fourth-order valence-electron chi connectivity index (χ4n) is 5.80. The van der Waals surface area contributed by atoms with Gasteiger partial charge in [-0.3, -0.25) is 14.5 Å². The summed E-state index contributed by atoms with van der Waals surface area (Å²) in [7, 11) is 0. The lowest BCUT2D eigenvalue weighted by Crippen LogP contribution is -2.43. The van der Waals surface area contributed by atoms with E-state index in [1.807, 2.05) is 0 Å². The molecule has 0 N–H and O–H groups in total. The zero-order valence-electron chi connectivity index (χ0n) is 11.8. The van der Waals surface area contributed by atoms with E-state index in [0.717, 1.165) is 12.8 Å². The van der Waals surface area contributed by atoms with Gasteiger partial charge in [0.05, 0.1) is 11.8 Å². The third kappa shape index (κ3) is 1.15. The highest BCUT2D eigenvalue weighted by Crippen LogP contribution is 2.73. The van der Waals surface area contributed by atoms with Crippen molar-refractivity contribution in [2.75, 3.05) is 0 Å². The van der Waals surface area contributed by atoms with Crippen LogP contribution >= 0.6 is 0 Å². The first-order valence-electron chi connectivity index (χ1n) is 8.29. The smallest absolute Gasteiger partial charge is 0.233 e. The number of allylic oxidation sites excluding steroid dienone is 2. The molecule has 2 bridgehead atoms. The quantitative estimate of drug-likeness (QED) is 0.543. The molecule has 2 amide bonds. The average molecular weight is 271 g/mol. The predicted octanol–water partition coefficient (Wildman–Crippen LogP) is 2.52. The Labute approximate surface area is 119 Å². The summed E-state index contributed by atoms with van der Waals surface area (Å²) in [6.07, 6.45) is 12.6. The van der Waals surface area contributed by atoms with Crippen LogP contribution in [-0.4, -0.2) is 22.8 Å². The van der Waals surface area contributed by atoms with E-state index < -0.39 is 0 Å². The molecule has 3 saturated carbocycles. The minimum Gasteiger partial charge on any atom is -0.279 e. The molecule has 5 rings (SSSR count). The lowest BCUT2D eigenvalue weighted by molar-refractivity contribution is -0.144. The van der Waals surface area contributed by atoms with Crippen LogP contribution < -0.4 is 0 Å². The van der Waals surface area contributed by atoms with Gasteiger partial charge in [0, 0.05) is 6.04 Å². The molecule has 1 aliphatic heterocycles. The summed E-state index contributed by atoms with van der Waals surface area (Å²) in [6, 6.07) is 0.212. The molecule has 0 aromatic carbocycles. The van der Waals surface area contributed by atoms with Crippen LogP contribution in [-0.2, 0) is 9.59 Å². The first-order valence-corrected chi connectivity index (χ1v) is 8.29. The van der Waals surface area contributed by atoms with Gasteiger partial charge in [0.1, 0.15) is 0 Å². The van der Waals surface area contributed by atoms with E-state index in [9.17, 15) is 9.59 Å². The molecule has 1 spiro atoms. The number of imide groups is 1. The maximum absolute atomic E-state index is 12.9. The van der Waals surface area contributed by atoms with E-state index in [-0.39, 0.29) is 29.7 Å². The molecule has 3 heteroatoms. The van der Waals surface area contributed by atoms with Crippen LogP contribution in [0.5, 0.6) is 0 Å². The average Bonchev–Trinajstić information content (AvgIpc) is 3.06. The van der Waals surface area contributed by atoms with Crippen molar-refractivity contribution in [3.05, 3.63) is 12.2 Å². The number of nitrogens with zero attached hydrogens (tertiary/aromatic N) is 1. The molecular formula is C17H21NO2. The zero-order chi connectivity index (χ0) is 13.5. The number of carbonyl (C=O) groups excluding carboxylic acids is 2. The minimum atomic E-state index is 0.00178. The van der Waals surface area contributed by atoms with Crippen molar-refractivity contribution < 1.29 is 9.59 Å². The predicted molar refractivity (Wildman–Crippen MR) is 73.5 cm³/mol. The minimum absolute atomic E-state index is 0.00178. The van der Waals surface area contributed by atoms with Crippen LogP contribution in [0.25, 0.3) is 0 Å². The molecule has 1 heterocycles. The monoisotopic (exact) mass is 271 g/mol. The topological polar surface area (TPSA) is 37.4 Å². The molecule has 0 radical (unpaired) electrons. The van der Waals surface area contributed by atoms with Crippen molar-refractivity contribution in [1.29, 1.82) is 0 Å². The van der Waals surface area contributed by atoms with Gasteiger partial charge in [-0.25, -0.2) is 0 Å². The number of likely N-dealkylation sites (tertiary alicyclic amines) is 1. The lowest BCUT2D eigenvalue weighted by atomic mass is 9.85. The van der Waals surface area contributed by atoms with Crippen LogP contribution in [0.3, 0.4) is 0 Å². The lowest BCUT2D eigenvalue weighted by Gasteiger charge is -2.31. The van der Waals surface area contributed by atoms with E-state index >= 15 is 0 Å². The summed E-state index contributed by atoms with van der Waals surface area (Å²) in [4.78, 5) is 27.5. The molecule has 4 atom stereocenters. The van der Waals surface area contributed by atoms with Gasteiger partial charge >= 0.3 is 0 Å². The summed E-state index contributed by atoms with van der Waals surface area (Å²) < 4.78 is 0. The molecule has 106 valence electrons. The number of rotatable bonds is 1. The Hall–Kier alpha value is -1.12. The molecule has 3 nitrogen and oxygen atoms in total. The van der Waals surface area contributed by atoms with Gasteiger partial charge in [-0.2, -0.15) is 0 Å². The molecule has 4 fully saturated rings. The van der Waals surface area contributed by atoms with Gasteiger partial charge in [-0.05, 0) is 42.9 Å². The number of hydrogen-bond acceptors (Lipinski definition) is 2. The molecule has 0 aromatic heterocycles. The van der Waals surface area contributed by atoms with Crippen LogP contribution in [0.15, 0.2) is 12.2 Å². The number of hydrogen-bond donors (Lipinski definition) is 0. The van der Waals surface area contributed by atoms with Crippen LogP contribution in [0.1, 0.15) is 44.9 Å². The fraction of sp³-hybridized carbons (Fsp3) is 0.765. The second-order valence-corrected chi connectivity index (χ2v) is 7.56. The van der Waals surface area contributed by atoms with Crippen LogP contribution in [0.2, 0.25) is 0 Å². The normalized spacial score (nSPS) is 44.7. The number of fused-ring (bicyclic) bond motifs is 3.